The zero-order valence-corrected chi connectivity index (χ0v) is 9.30. The second-order valence-electron chi connectivity index (χ2n) is 4.58. The fraction of sp³-hybridized carbons (Fsp3) is 0.231. The first-order valence-electron chi connectivity index (χ1n) is 5.86. The highest BCUT2D eigenvalue weighted by Crippen LogP contribution is 2.40. The van der Waals surface area contributed by atoms with Gasteiger partial charge in [0, 0.05) is 11.4 Å². The number of anilines is 1. The highest BCUT2D eigenvalue weighted by atomic mass is 15.2. The van der Waals surface area contributed by atoms with Gasteiger partial charge in [-0.1, -0.05) is 18.2 Å². The lowest BCUT2D eigenvalue weighted by atomic mass is 10.2. The highest BCUT2D eigenvalue weighted by molar-refractivity contribution is 6.03. The predicted molar refractivity (Wildman–Crippen MR) is 67.7 cm³/mol. The molecule has 4 nitrogen and oxygen atoms in total. The van der Waals surface area contributed by atoms with E-state index in [1.54, 1.807) is 0 Å². The SMILES string of the molecule is Nc1nc2cnc3ccccc3c2n1C1CC1. The summed E-state index contributed by atoms with van der Waals surface area (Å²) in [5, 5.41) is 1.14. The van der Waals surface area contributed by atoms with Crippen LogP contribution in [-0.2, 0) is 0 Å². The van der Waals surface area contributed by atoms with E-state index in [4.69, 9.17) is 5.73 Å². The first-order chi connectivity index (χ1) is 8.34. The molecule has 1 aliphatic carbocycles. The number of nitrogens with zero attached hydrogens (tertiary/aromatic N) is 3. The minimum atomic E-state index is 0.533. The average molecular weight is 224 g/mol. The number of para-hydroxylation sites is 1. The summed E-state index contributed by atoms with van der Waals surface area (Å²) in [5.74, 6) is 0.612. The van der Waals surface area contributed by atoms with Crippen molar-refractivity contribution in [1.29, 1.82) is 0 Å². The fourth-order valence-electron chi connectivity index (χ4n) is 2.45. The second kappa shape index (κ2) is 2.97. The Kier molecular flexibility index (Phi) is 1.57. The van der Waals surface area contributed by atoms with Gasteiger partial charge in [0.05, 0.1) is 17.2 Å². The topological polar surface area (TPSA) is 56.7 Å². The van der Waals surface area contributed by atoms with Crippen molar-refractivity contribution in [2.75, 3.05) is 5.73 Å². The molecule has 0 amide bonds. The van der Waals surface area contributed by atoms with Crippen molar-refractivity contribution in [2.45, 2.75) is 18.9 Å². The van der Waals surface area contributed by atoms with Crippen LogP contribution >= 0.6 is 0 Å². The molecule has 1 saturated carbocycles. The lowest BCUT2D eigenvalue weighted by molar-refractivity contribution is 0.781. The van der Waals surface area contributed by atoms with Crippen LogP contribution in [0.2, 0.25) is 0 Å². The molecule has 0 atom stereocenters. The van der Waals surface area contributed by atoms with Gasteiger partial charge in [0.1, 0.15) is 5.52 Å². The second-order valence-corrected chi connectivity index (χ2v) is 4.58. The predicted octanol–water partition coefficient (Wildman–Crippen LogP) is 2.50. The van der Waals surface area contributed by atoms with E-state index in [0.29, 0.717) is 12.0 Å². The van der Waals surface area contributed by atoms with E-state index < -0.39 is 0 Å². The van der Waals surface area contributed by atoms with Gasteiger partial charge >= 0.3 is 0 Å². The molecule has 1 fully saturated rings. The molecule has 0 unspecified atom stereocenters. The summed E-state index contributed by atoms with van der Waals surface area (Å²) in [4.78, 5) is 8.81. The van der Waals surface area contributed by atoms with Gasteiger partial charge in [0.2, 0.25) is 5.95 Å². The number of benzene rings is 1. The molecule has 17 heavy (non-hydrogen) atoms. The minimum Gasteiger partial charge on any atom is -0.369 e. The highest BCUT2D eigenvalue weighted by Gasteiger charge is 2.28. The van der Waals surface area contributed by atoms with Crippen LogP contribution in [0, 0.1) is 0 Å². The van der Waals surface area contributed by atoms with E-state index in [-0.39, 0.29) is 0 Å². The van der Waals surface area contributed by atoms with E-state index in [1.807, 2.05) is 24.4 Å². The van der Waals surface area contributed by atoms with Crippen LogP contribution in [0.15, 0.2) is 30.5 Å². The zero-order chi connectivity index (χ0) is 11.4. The molecule has 2 aromatic heterocycles. The molecule has 0 saturated heterocycles. The summed E-state index contributed by atoms with van der Waals surface area (Å²) in [6, 6.07) is 8.68. The van der Waals surface area contributed by atoms with Crippen LogP contribution in [0.4, 0.5) is 5.95 Å². The normalized spacial score (nSPS) is 15.8. The maximum Gasteiger partial charge on any atom is 0.201 e. The largest absolute Gasteiger partial charge is 0.369 e. The fourth-order valence-corrected chi connectivity index (χ4v) is 2.45. The molecule has 1 aliphatic rings. The molecule has 2 N–H and O–H groups in total. The summed E-state index contributed by atoms with van der Waals surface area (Å²) in [6.45, 7) is 0. The van der Waals surface area contributed by atoms with Gasteiger partial charge in [-0.15, -0.1) is 0 Å². The van der Waals surface area contributed by atoms with Crippen LogP contribution in [-0.4, -0.2) is 14.5 Å². The van der Waals surface area contributed by atoms with E-state index in [9.17, 15) is 0 Å². The summed E-state index contributed by atoms with van der Waals surface area (Å²) < 4.78 is 2.17. The maximum atomic E-state index is 6.01. The van der Waals surface area contributed by atoms with Crippen LogP contribution < -0.4 is 5.73 Å². The average Bonchev–Trinajstić information content (AvgIpc) is 3.12. The molecular formula is C13H12N4. The molecule has 1 aromatic carbocycles. The Hall–Kier alpha value is -2.10. The molecule has 3 aromatic rings. The Morgan fingerprint density at radius 2 is 2.00 bits per heavy atom. The summed E-state index contributed by atoms with van der Waals surface area (Å²) in [6.07, 6.45) is 4.21. The van der Waals surface area contributed by atoms with Gasteiger partial charge in [0.15, 0.2) is 0 Å². The summed E-state index contributed by atoms with van der Waals surface area (Å²) in [5.41, 5.74) is 9.04. The van der Waals surface area contributed by atoms with Crippen molar-refractivity contribution in [3.63, 3.8) is 0 Å². The molecule has 4 rings (SSSR count). The quantitative estimate of drug-likeness (QED) is 0.691. The van der Waals surface area contributed by atoms with E-state index >= 15 is 0 Å². The van der Waals surface area contributed by atoms with Gasteiger partial charge < -0.3 is 10.3 Å². The first-order valence-corrected chi connectivity index (χ1v) is 5.86. The van der Waals surface area contributed by atoms with Crippen molar-refractivity contribution in [2.24, 2.45) is 0 Å². The smallest absolute Gasteiger partial charge is 0.201 e. The lowest BCUT2D eigenvalue weighted by Gasteiger charge is -2.05. The first kappa shape index (κ1) is 8.98. The Bertz CT molecular complexity index is 725. The number of hydrogen-bond donors (Lipinski definition) is 1. The molecule has 0 spiro atoms. The number of pyridine rings is 1. The van der Waals surface area contributed by atoms with Crippen molar-refractivity contribution in [1.82, 2.24) is 14.5 Å². The third kappa shape index (κ3) is 1.18. The van der Waals surface area contributed by atoms with Crippen LogP contribution in [0.5, 0.6) is 0 Å². The van der Waals surface area contributed by atoms with Gasteiger partial charge in [-0.2, -0.15) is 0 Å². The molecule has 0 radical (unpaired) electrons. The Labute approximate surface area is 98.1 Å². The number of rotatable bonds is 1. The molecular weight excluding hydrogens is 212 g/mol. The summed E-state index contributed by atoms with van der Waals surface area (Å²) >= 11 is 0. The van der Waals surface area contributed by atoms with E-state index in [2.05, 4.69) is 20.6 Å². The van der Waals surface area contributed by atoms with Crippen molar-refractivity contribution in [3.05, 3.63) is 30.5 Å². The zero-order valence-electron chi connectivity index (χ0n) is 9.30. The number of nitrogens with two attached hydrogens (primary N) is 1. The Morgan fingerprint density at radius 3 is 2.82 bits per heavy atom. The van der Waals surface area contributed by atoms with E-state index in [0.717, 1.165) is 21.9 Å². The molecule has 0 aliphatic heterocycles. The third-order valence-corrected chi connectivity index (χ3v) is 3.36. The number of aromatic nitrogens is 3. The monoisotopic (exact) mass is 224 g/mol. The van der Waals surface area contributed by atoms with Crippen molar-refractivity contribution < 1.29 is 0 Å². The van der Waals surface area contributed by atoms with Gasteiger partial charge in [-0.3, -0.25) is 4.98 Å². The number of hydrogen-bond acceptors (Lipinski definition) is 3. The van der Waals surface area contributed by atoms with Gasteiger partial charge in [-0.25, -0.2) is 4.98 Å². The van der Waals surface area contributed by atoms with Crippen molar-refractivity contribution >= 4 is 27.9 Å². The standard InChI is InChI=1S/C13H12N4/c14-13-16-11-7-15-10-4-2-1-3-9(10)12(11)17(13)8-5-6-8/h1-4,7-8H,5-6H2,(H2,14,16). The van der Waals surface area contributed by atoms with Crippen LogP contribution in [0.3, 0.4) is 0 Å². The molecule has 0 bridgehead atoms. The maximum absolute atomic E-state index is 6.01. The Morgan fingerprint density at radius 1 is 1.18 bits per heavy atom. The van der Waals surface area contributed by atoms with Crippen LogP contribution in [0.25, 0.3) is 21.9 Å². The van der Waals surface area contributed by atoms with E-state index in [1.165, 1.54) is 12.8 Å². The Balaban J connectivity index is 2.22. The van der Waals surface area contributed by atoms with Gasteiger partial charge in [-0.05, 0) is 18.9 Å². The molecule has 84 valence electrons. The minimum absolute atomic E-state index is 0.533. The van der Waals surface area contributed by atoms with Crippen LogP contribution in [0.1, 0.15) is 18.9 Å². The number of fused-ring (bicyclic) bond motifs is 3. The molecule has 4 heteroatoms. The summed E-state index contributed by atoms with van der Waals surface area (Å²) in [7, 11) is 0. The third-order valence-electron chi connectivity index (χ3n) is 3.36. The van der Waals surface area contributed by atoms with Gasteiger partial charge in [0.25, 0.3) is 0 Å². The van der Waals surface area contributed by atoms with Crippen molar-refractivity contribution in [3.8, 4) is 0 Å². The number of nitrogen functional groups attached to an aromatic ring is 1. The lowest BCUT2D eigenvalue weighted by Crippen LogP contribution is -2.00. The molecule has 2 heterocycles. The number of imidazole rings is 1.